The molecule has 1 atom stereocenters. The fraction of sp³-hybridized carbons (Fsp3) is 0.263. The molecule has 0 fully saturated rings. The molecule has 0 saturated carbocycles. The van der Waals surface area contributed by atoms with Gasteiger partial charge in [-0.1, -0.05) is 29.4 Å². The van der Waals surface area contributed by atoms with Crippen molar-refractivity contribution < 1.29 is 8.91 Å². The van der Waals surface area contributed by atoms with E-state index in [0.29, 0.717) is 23.7 Å². The Kier molecular flexibility index (Phi) is 3.86. The van der Waals surface area contributed by atoms with Gasteiger partial charge in [-0.2, -0.15) is 4.98 Å². The summed E-state index contributed by atoms with van der Waals surface area (Å²) in [5.41, 5.74) is 10.1. The van der Waals surface area contributed by atoms with Crippen molar-refractivity contribution in [2.45, 2.75) is 31.7 Å². The third-order valence-corrected chi connectivity index (χ3v) is 4.53. The molecule has 0 spiro atoms. The molecule has 0 amide bonds. The average Bonchev–Trinajstić information content (AvgIpc) is 3.06. The smallest absolute Gasteiger partial charge is 0.257 e. The first-order chi connectivity index (χ1) is 11.7. The van der Waals surface area contributed by atoms with E-state index in [9.17, 15) is 4.39 Å². The third-order valence-electron chi connectivity index (χ3n) is 4.53. The summed E-state index contributed by atoms with van der Waals surface area (Å²) in [6, 6.07) is 12.8. The summed E-state index contributed by atoms with van der Waals surface area (Å²) in [6.45, 7) is 0. The Morgan fingerprint density at radius 1 is 1.21 bits per heavy atom. The van der Waals surface area contributed by atoms with Crippen LogP contribution in [-0.2, 0) is 12.8 Å². The van der Waals surface area contributed by atoms with Gasteiger partial charge in [-0.05, 0) is 54.2 Å². The lowest BCUT2D eigenvalue weighted by molar-refractivity contribution is 0.423. The second-order valence-corrected chi connectivity index (χ2v) is 6.20. The van der Waals surface area contributed by atoms with Crippen LogP contribution >= 0.6 is 0 Å². The van der Waals surface area contributed by atoms with E-state index in [1.807, 2.05) is 12.1 Å². The fourth-order valence-electron chi connectivity index (χ4n) is 3.22. The first kappa shape index (κ1) is 15.0. The van der Waals surface area contributed by atoms with Gasteiger partial charge in [0.1, 0.15) is 5.82 Å². The standard InChI is InChI=1S/C19H18FN3O/c20-16-6-2-1-4-13(16)11-18-22-19(24-23-18)14-9-8-12-5-3-7-17(21)15(12)10-14/h1-2,4,6,8-10,17H,3,5,7,11,21H2. The van der Waals surface area contributed by atoms with Crippen LogP contribution in [0.25, 0.3) is 11.5 Å². The molecule has 1 heterocycles. The molecule has 1 unspecified atom stereocenters. The molecule has 4 nitrogen and oxygen atoms in total. The maximum Gasteiger partial charge on any atom is 0.257 e. The molecule has 0 saturated heterocycles. The van der Waals surface area contributed by atoms with Crippen molar-refractivity contribution in [3.63, 3.8) is 0 Å². The van der Waals surface area contributed by atoms with Gasteiger partial charge >= 0.3 is 0 Å². The second kappa shape index (κ2) is 6.17. The normalized spacial score (nSPS) is 16.8. The van der Waals surface area contributed by atoms with Gasteiger partial charge in [0, 0.05) is 18.0 Å². The molecule has 1 aliphatic rings. The van der Waals surface area contributed by atoms with Crippen molar-refractivity contribution >= 4 is 0 Å². The van der Waals surface area contributed by atoms with Crippen LogP contribution in [0.4, 0.5) is 4.39 Å². The summed E-state index contributed by atoms with van der Waals surface area (Å²) < 4.78 is 19.1. The predicted molar refractivity (Wildman–Crippen MR) is 88.8 cm³/mol. The highest BCUT2D eigenvalue weighted by atomic mass is 19.1. The number of rotatable bonds is 3. The minimum absolute atomic E-state index is 0.0644. The Bertz CT molecular complexity index is 875. The van der Waals surface area contributed by atoms with Crippen LogP contribution in [0.15, 0.2) is 47.0 Å². The largest absolute Gasteiger partial charge is 0.334 e. The number of hydrogen-bond acceptors (Lipinski definition) is 4. The second-order valence-electron chi connectivity index (χ2n) is 6.20. The van der Waals surface area contributed by atoms with E-state index in [0.717, 1.165) is 30.4 Å². The predicted octanol–water partition coefficient (Wildman–Crippen LogP) is 3.80. The number of aromatic nitrogens is 2. The van der Waals surface area contributed by atoms with Crippen LogP contribution in [0.5, 0.6) is 0 Å². The molecular formula is C19H18FN3O. The summed E-state index contributed by atoms with van der Waals surface area (Å²) >= 11 is 0. The van der Waals surface area contributed by atoms with Crippen LogP contribution in [0.1, 0.15) is 41.4 Å². The average molecular weight is 323 g/mol. The number of nitrogens with two attached hydrogens (primary N) is 1. The van der Waals surface area contributed by atoms with Gasteiger partial charge in [0.05, 0.1) is 0 Å². The lowest BCUT2D eigenvalue weighted by Gasteiger charge is -2.22. The van der Waals surface area contributed by atoms with Gasteiger partial charge in [0.15, 0.2) is 5.82 Å². The molecule has 0 bridgehead atoms. The molecule has 2 N–H and O–H groups in total. The monoisotopic (exact) mass is 323 g/mol. The molecule has 4 rings (SSSR count). The zero-order chi connectivity index (χ0) is 16.5. The molecular weight excluding hydrogens is 305 g/mol. The summed E-state index contributed by atoms with van der Waals surface area (Å²) in [6.07, 6.45) is 3.49. The molecule has 5 heteroatoms. The quantitative estimate of drug-likeness (QED) is 0.796. The van der Waals surface area contributed by atoms with Crippen molar-refractivity contribution in [3.8, 4) is 11.5 Å². The maximum atomic E-state index is 13.7. The lowest BCUT2D eigenvalue weighted by atomic mass is 9.87. The van der Waals surface area contributed by atoms with E-state index in [2.05, 4.69) is 16.2 Å². The molecule has 122 valence electrons. The summed E-state index contributed by atoms with van der Waals surface area (Å²) in [5, 5.41) is 3.98. The summed E-state index contributed by atoms with van der Waals surface area (Å²) in [5.74, 6) is 0.655. The lowest BCUT2D eigenvalue weighted by Crippen LogP contribution is -2.17. The minimum Gasteiger partial charge on any atom is -0.334 e. The minimum atomic E-state index is -0.261. The Morgan fingerprint density at radius 2 is 2.08 bits per heavy atom. The van der Waals surface area contributed by atoms with Crippen molar-refractivity contribution in [3.05, 3.63) is 70.8 Å². The van der Waals surface area contributed by atoms with Crippen LogP contribution in [0.3, 0.4) is 0 Å². The molecule has 1 aromatic heterocycles. The van der Waals surface area contributed by atoms with E-state index >= 15 is 0 Å². The Hall–Kier alpha value is -2.53. The first-order valence-corrected chi connectivity index (χ1v) is 8.15. The molecule has 0 radical (unpaired) electrons. The number of hydrogen-bond donors (Lipinski definition) is 1. The number of fused-ring (bicyclic) bond motifs is 1. The highest BCUT2D eigenvalue weighted by Gasteiger charge is 2.19. The van der Waals surface area contributed by atoms with E-state index in [1.165, 1.54) is 11.6 Å². The number of benzene rings is 2. The highest BCUT2D eigenvalue weighted by molar-refractivity contribution is 5.56. The molecule has 2 aromatic carbocycles. The van der Waals surface area contributed by atoms with Gasteiger partial charge in [-0.3, -0.25) is 0 Å². The fourth-order valence-corrected chi connectivity index (χ4v) is 3.22. The summed E-state index contributed by atoms with van der Waals surface area (Å²) in [7, 11) is 0. The van der Waals surface area contributed by atoms with Crippen molar-refractivity contribution in [2.24, 2.45) is 5.73 Å². The SMILES string of the molecule is NC1CCCc2ccc(-c3nc(Cc4ccccc4F)no3)cc21. The van der Waals surface area contributed by atoms with Crippen molar-refractivity contribution in [2.75, 3.05) is 0 Å². The van der Waals surface area contributed by atoms with Crippen molar-refractivity contribution in [1.29, 1.82) is 0 Å². The molecule has 24 heavy (non-hydrogen) atoms. The molecule has 1 aliphatic carbocycles. The van der Waals surface area contributed by atoms with Crippen LogP contribution < -0.4 is 5.73 Å². The number of nitrogens with zero attached hydrogens (tertiary/aromatic N) is 2. The summed E-state index contributed by atoms with van der Waals surface area (Å²) in [4.78, 5) is 4.41. The van der Waals surface area contributed by atoms with Gasteiger partial charge in [-0.25, -0.2) is 4.39 Å². The van der Waals surface area contributed by atoms with E-state index < -0.39 is 0 Å². The zero-order valence-electron chi connectivity index (χ0n) is 13.2. The first-order valence-electron chi connectivity index (χ1n) is 8.15. The Morgan fingerprint density at radius 3 is 2.96 bits per heavy atom. The van der Waals surface area contributed by atoms with Crippen LogP contribution in [0.2, 0.25) is 0 Å². The maximum absolute atomic E-state index is 13.7. The van der Waals surface area contributed by atoms with Gasteiger partial charge in [-0.15, -0.1) is 0 Å². The van der Waals surface area contributed by atoms with Gasteiger partial charge in [0.2, 0.25) is 0 Å². The van der Waals surface area contributed by atoms with E-state index in [-0.39, 0.29) is 11.9 Å². The van der Waals surface area contributed by atoms with Crippen LogP contribution in [0, 0.1) is 5.82 Å². The Balaban J connectivity index is 1.61. The molecule has 3 aromatic rings. The van der Waals surface area contributed by atoms with Gasteiger partial charge < -0.3 is 10.3 Å². The van der Waals surface area contributed by atoms with E-state index in [1.54, 1.807) is 18.2 Å². The van der Waals surface area contributed by atoms with Crippen molar-refractivity contribution in [1.82, 2.24) is 10.1 Å². The Labute approximate surface area is 139 Å². The number of aryl methyl sites for hydroxylation is 1. The van der Waals surface area contributed by atoms with Gasteiger partial charge in [0.25, 0.3) is 5.89 Å². The number of halogens is 1. The van der Waals surface area contributed by atoms with E-state index in [4.69, 9.17) is 10.3 Å². The third kappa shape index (κ3) is 2.83. The van der Waals surface area contributed by atoms with Crippen LogP contribution in [-0.4, -0.2) is 10.1 Å². The zero-order valence-corrected chi connectivity index (χ0v) is 13.2. The molecule has 0 aliphatic heterocycles. The topological polar surface area (TPSA) is 64.9 Å². The highest BCUT2D eigenvalue weighted by Crippen LogP contribution is 2.31.